The minimum Gasteiger partial charge on any atom is -0.490 e. The van der Waals surface area contributed by atoms with E-state index in [-0.39, 0.29) is 23.7 Å². The Kier molecular flexibility index (Phi) is 6.39. The number of hydrogen-bond acceptors (Lipinski definition) is 4. The average molecular weight is 352 g/mol. The maximum Gasteiger partial charge on any atom is 0.387 e. The maximum absolute atomic E-state index is 12.8. The molecule has 2 rings (SSSR count). The largest absolute Gasteiger partial charge is 0.490 e. The minimum absolute atomic E-state index is 0.0932. The van der Waals surface area contributed by atoms with Crippen molar-refractivity contribution >= 4 is 12.1 Å². The molecule has 25 heavy (non-hydrogen) atoms. The first-order valence-corrected chi connectivity index (χ1v) is 7.30. The van der Waals surface area contributed by atoms with Crippen molar-refractivity contribution in [1.29, 1.82) is 0 Å². The Hall–Kier alpha value is -3.03. The highest BCUT2D eigenvalue weighted by atomic mass is 19.3. The van der Waals surface area contributed by atoms with Crippen LogP contribution in [0.5, 0.6) is 11.5 Å². The van der Waals surface area contributed by atoms with E-state index in [9.17, 15) is 18.0 Å². The van der Waals surface area contributed by atoms with Crippen LogP contribution < -0.4 is 14.9 Å². The lowest BCUT2D eigenvalue weighted by Crippen LogP contribution is -2.17. The van der Waals surface area contributed by atoms with E-state index < -0.39 is 18.3 Å². The zero-order chi connectivity index (χ0) is 18.2. The molecule has 2 aromatic carbocycles. The molecule has 0 aromatic heterocycles. The number of nitrogens with zero attached hydrogens (tertiary/aromatic N) is 1. The summed E-state index contributed by atoms with van der Waals surface area (Å²) in [4.78, 5) is 11.8. The topological polar surface area (TPSA) is 59.9 Å². The number of carbonyl (C=O) groups is 1. The molecule has 0 saturated heterocycles. The number of ether oxygens (including phenoxy) is 2. The van der Waals surface area contributed by atoms with E-state index in [0.29, 0.717) is 5.56 Å². The lowest BCUT2D eigenvalue weighted by atomic mass is 10.2. The molecule has 0 aliphatic heterocycles. The predicted octanol–water partition coefficient (Wildman–Crippen LogP) is 3.59. The number of halogens is 3. The van der Waals surface area contributed by atoms with Crippen LogP contribution in [-0.2, 0) is 0 Å². The SMILES string of the molecule is CCOc1cc(/C=N\NC(=O)c2ccc(F)cc2)ccc1OC(F)F. The Bertz CT molecular complexity index is 749. The summed E-state index contributed by atoms with van der Waals surface area (Å²) in [5.74, 6) is -0.922. The second-order valence-corrected chi connectivity index (χ2v) is 4.72. The van der Waals surface area contributed by atoms with Crippen LogP contribution in [-0.4, -0.2) is 25.3 Å². The van der Waals surface area contributed by atoms with Crippen molar-refractivity contribution in [3.63, 3.8) is 0 Å². The number of benzene rings is 2. The number of rotatable bonds is 7. The van der Waals surface area contributed by atoms with Gasteiger partial charge in [-0.2, -0.15) is 13.9 Å². The average Bonchev–Trinajstić information content (AvgIpc) is 2.57. The van der Waals surface area contributed by atoms with Crippen LogP contribution in [0.2, 0.25) is 0 Å². The number of hydrogen-bond donors (Lipinski definition) is 1. The van der Waals surface area contributed by atoms with E-state index in [1.165, 1.54) is 36.5 Å². The molecule has 0 aliphatic carbocycles. The van der Waals surface area contributed by atoms with E-state index in [2.05, 4.69) is 15.3 Å². The van der Waals surface area contributed by atoms with Gasteiger partial charge in [0.05, 0.1) is 12.8 Å². The first-order chi connectivity index (χ1) is 12.0. The minimum atomic E-state index is -2.96. The van der Waals surface area contributed by atoms with E-state index in [1.807, 2.05) is 0 Å². The highest BCUT2D eigenvalue weighted by Crippen LogP contribution is 2.29. The van der Waals surface area contributed by atoms with Crippen molar-refractivity contribution in [2.45, 2.75) is 13.5 Å². The van der Waals surface area contributed by atoms with Gasteiger partial charge in [0.15, 0.2) is 11.5 Å². The number of amides is 1. The van der Waals surface area contributed by atoms with Crippen LogP contribution in [0.25, 0.3) is 0 Å². The van der Waals surface area contributed by atoms with Crippen LogP contribution in [0.1, 0.15) is 22.8 Å². The lowest BCUT2D eigenvalue weighted by molar-refractivity contribution is -0.0514. The first-order valence-electron chi connectivity index (χ1n) is 7.30. The highest BCUT2D eigenvalue weighted by molar-refractivity contribution is 5.94. The van der Waals surface area contributed by atoms with Crippen LogP contribution in [0.3, 0.4) is 0 Å². The molecule has 0 unspecified atom stereocenters. The summed E-state index contributed by atoms with van der Waals surface area (Å²) in [5.41, 5.74) is 3.03. The fourth-order valence-corrected chi connectivity index (χ4v) is 1.90. The summed E-state index contributed by atoms with van der Waals surface area (Å²) in [6.45, 7) is -0.995. The number of alkyl halides is 2. The van der Waals surface area contributed by atoms with Crippen LogP contribution in [0.15, 0.2) is 47.6 Å². The molecule has 0 atom stereocenters. The van der Waals surface area contributed by atoms with Gasteiger partial charge in [-0.25, -0.2) is 9.82 Å². The molecule has 0 saturated carbocycles. The monoisotopic (exact) mass is 352 g/mol. The van der Waals surface area contributed by atoms with Gasteiger partial charge in [-0.05, 0) is 55.0 Å². The zero-order valence-electron chi connectivity index (χ0n) is 13.2. The molecular formula is C17H15F3N2O3. The Morgan fingerprint density at radius 1 is 1.20 bits per heavy atom. The molecule has 5 nitrogen and oxygen atoms in total. The molecule has 1 amide bonds. The lowest BCUT2D eigenvalue weighted by Gasteiger charge is -2.11. The second-order valence-electron chi connectivity index (χ2n) is 4.72. The van der Waals surface area contributed by atoms with Crippen LogP contribution >= 0.6 is 0 Å². The number of carbonyl (C=O) groups excluding carboxylic acids is 1. The summed E-state index contributed by atoms with van der Waals surface area (Å²) >= 11 is 0. The van der Waals surface area contributed by atoms with Crippen molar-refractivity contribution in [2.24, 2.45) is 5.10 Å². The van der Waals surface area contributed by atoms with Gasteiger partial charge in [-0.3, -0.25) is 4.79 Å². The number of hydrazone groups is 1. The fraction of sp³-hybridized carbons (Fsp3) is 0.176. The Morgan fingerprint density at radius 2 is 1.92 bits per heavy atom. The smallest absolute Gasteiger partial charge is 0.387 e. The number of nitrogens with one attached hydrogen (secondary N) is 1. The molecule has 0 heterocycles. The summed E-state index contributed by atoms with van der Waals surface area (Å²) in [7, 11) is 0. The van der Waals surface area contributed by atoms with Crippen LogP contribution in [0.4, 0.5) is 13.2 Å². The van der Waals surface area contributed by atoms with Gasteiger partial charge in [0.1, 0.15) is 5.82 Å². The van der Waals surface area contributed by atoms with E-state index in [0.717, 1.165) is 12.1 Å². The van der Waals surface area contributed by atoms with E-state index in [4.69, 9.17) is 4.74 Å². The van der Waals surface area contributed by atoms with Crippen molar-refractivity contribution in [1.82, 2.24) is 5.43 Å². The maximum atomic E-state index is 12.8. The Labute approximate surface area is 142 Å². The Balaban J connectivity index is 2.05. The third kappa shape index (κ3) is 5.52. The molecular weight excluding hydrogens is 337 g/mol. The molecule has 132 valence electrons. The summed E-state index contributed by atoms with van der Waals surface area (Å²) in [6, 6.07) is 9.22. The van der Waals surface area contributed by atoms with Gasteiger partial charge in [-0.15, -0.1) is 0 Å². The van der Waals surface area contributed by atoms with Crippen molar-refractivity contribution in [3.05, 3.63) is 59.4 Å². The summed E-state index contributed by atoms with van der Waals surface area (Å²) < 4.78 is 47.1. The van der Waals surface area contributed by atoms with Crippen molar-refractivity contribution in [2.75, 3.05) is 6.61 Å². The summed E-state index contributed by atoms with van der Waals surface area (Å²) in [5, 5.41) is 3.77. The molecule has 1 N–H and O–H groups in total. The van der Waals surface area contributed by atoms with Crippen molar-refractivity contribution < 1.29 is 27.4 Å². The molecule has 0 aliphatic rings. The molecule has 8 heteroatoms. The Morgan fingerprint density at radius 3 is 2.56 bits per heavy atom. The zero-order valence-corrected chi connectivity index (χ0v) is 13.2. The molecule has 0 fully saturated rings. The molecule has 0 radical (unpaired) electrons. The second kappa shape index (κ2) is 8.72. The third-order valence-corrected chi connectivity index (χ3v) is 2.97. The van der Waals surface area contributed by atoms with Gasteiger partial charge >= 0.3 is 6.61 Å². The molecule has 0 spiro atoms. The van der Waals surface area contributed by atoms with E-state index >= 15 is 0 Å². The molecule has 2 aromatic rings. The van der Waals surface area contributed by atoms with Crippen LogP contribution in [0, 0.1) is 5.82 Å². The van der Waals surface area contributed by atoms with Gasteiger partial charge in [0.2, 0.25) is 0 Å². The van der Waals surface area contributed by atoms with Gasteiger partial charge in [-0.1, -0.05) is 0 Å². The normalized spacial score (nSPS) is 10.9. The van der Waals surface area contributed by atoms with E-state index in [1.54, 1.807) is 6.92 Å². The predicted molar refractivity (Wildman–Crippen MR) is 85.7 cm³/mol. The quantitative estimate of drug-likeness (QED) is 0.612. The fourth-order valence-electron chi connectivity index (χ4n) is 1.90. The van der Waals surface area contributed by atoms with Gasteiger partial charge in [0, 0.05) is 5.56 Å². The standard InChI is InChI=1S/C17H15F3N2O3/c1-2-24-15-9-11(3-8-14(15)25-17(19)20)10-21-22-16(23)12-4-6-13(18)7-5-12/h3-10,17H,2H2,1H3,(H,22,23)/b21-10-. The molecule has 0 bridgehead atoms. The third-order valence-electron chi connectivity index (χ3n) is 2.97. The first kappa shape index (κ1) is 18.3. The van der Waals surface area contributed by atoms with Gasteiger partial charge < -0.3 is 9.47 Å². The van der Waals surface area contributed by atoms with Gasteiger partial charge in [0.25, 0.3) is 5.91 Å². The summed E-state index contributed by atoms with van der Waals surface area (Å²) in [6.07, 6.45) is 1.32. The van der Waals surface area contributed by atoms with Crippen molar-refractivity contribution in [3.8, 4) is 11.5 Å². The highest BCUT2D eigenvalue weighted by Gasteiger charge is 2.11.